The van der Waals surface area contributed by atoms with Crippen molar-refractivity contribution in [2.45, 2.75) is 13.0 Å². The van der Waals surface area contributed by atoms with Crippen molar-refractivity contribution in [2.75, 3.05) is 0 Å². The van der Waals surface area contributed by atoms with Gasteiger partial charge in [-0.05, 0) is 22.9 Å². The summed E-state index contributed by atoms with van der Waals surface area (Å²) in [6, 6.07) is 2.75. The van der Waals surface area contributed by atoms with Crippen LogP contribution in [0.2, 0.25) is 0 Å². The van der Waals surface area contributed by atoms with Gasteiger partial charge in [0.1, 0.15) is 6.20 Å². The zero-order valence-electron chi connectivity index (χ0n) is 6.47. The van der Waals surface area contributed by atoms with Crippen molar-refractivity contribution in [2.24, 2.45) is 0 Å². The van der Waals surface area contributed by atoms with Crippen molar-refractivity contribution in [1.82, 2.24) is 4.98 Å². The second-order valence-corrected chi connectivity index (χ2v) is 2.38. The molecular formula is C7H8N2O3. The van der Waals surface area contributed by atoms with Crippen LogP contribution in [0, 0.1) is 10.1 Å². The highest BCUT2D eigenvalue weighted by molar-refractivity contribution is 5.23. The molecule has 12 heavy (non-hydrogen) atoms. The average Bonchev–Trinajstić information content (AvgIpc) is 2.04. The Bertz CT molecular complexity index is 281. The minimum atomic E-state index is -0.640. The molecule has 1 aromatic heterocycles. The molecule has 0 spiro atoms. The molecule has 64 valence electrons. The van der Waals surface area contributed by atoms with E-state index in [0.717, 1.165) is 0 Å². The predicted octanol–water partition coefficient (Wildman–Crippen LogP) is 1.04. The molecule has 0 aliphatic carbocycles. The summed E-state index contributed by atoms with van der Waals surface area (Å²) in [4.78, 5) is 13.1. The van der Waals surface area contributed by atoms with Crippen LogP contribution in [0.15, 0.2) is 18.3 Å². The second kappa shape index (κ2) is 3.27. The Kier molecular flexibility index (Phi) is 2.35. The summed E-state index contributed by atoms with van der Waals surface area (Å²) in [5.74, 6) is -0.209. The molecule has 1 N–H and O–H groups in total. The van der Waals surface area contributed by atoms with E-state index in [-0.39, 0.29) is 5.82 Å². The maximum absolute atomic E-state index is 10.2. The lowest BCUT2D eigenvalue weighted by Crippen LogP contribution is -1.95. The number of hydrogen-bond donors (Lipinski definition) is 1. The molecule has 0 radical (unpaired) electrons. The fourth-order valence-electron chi connectivity index (χ4n) is 0.753. The number of pyridine rings is 1. The molecule has 0 fully saturated rings. The van der Waals surface area contributed by atoms with E-state index in [9.17, 15) is 10.1 Å². The Morgan fingerprint density at radius 2 is 2.33 bits per heavy atom. The largest absolute Gasteiger partial charge is 0.389 e. The van der Waals surface area contributed by atoms with Gasteiger partial charge in [-0.25, -0.2) is 0 Å². The molecule has 1 heterocycles. The van der Waals surface area contributed by atoms with E-state index in [2.05, 4.69) is 4.98 Å². The minimum Gasteiger partial charge on any atom is -0.389 e. The predicted molar refractivity (Wildman–Crippen MR) is 41.5 cm³/mol. The van der Waals surface area contributed by atoms with Gasteiger partial charge in [-0.1, -0.05) is 0 Å². The van der Waals surface area contributed by atoms with Crippen LogP contribution in [0.3, 0.4) is 0 Å². The van der Waals surface area contributed by atoms with Gasteiger partial charge in [0.15, 0.2) is 0 Å². The molecule has 5 nitrogen and oxygen atoms in total. The lowest BCUT2D eigenvalue weighted by atomic mass is 10.2. The fourth-order valence-corrected chi connectivity index (χ4v) is 0.753. The van der Waals surface area contributed by atoms with Crippen molar-refractivity contribution in [3.8, 4) is 0 Å². The van der Waals surface area contributed by atoms with E-state index in [0.29, 0.717) is 5.56 Å². The van der Waals surface area contributed by atoms with E-state index >= 15 is 0 Å². The van der Waals surface area contributed by atoms with Crippen LogP contribution < -0.4 is 0 Å². The molecule has 1 unspecified atom stereocenters. The highest BCUT2D eigenvalue weighted by Gasteiger charge is 2.08. The number of hydrogen-bond acceptors (Lipinski definition) is 4. The van der Waals surface area contributed by atoms with Crippen molar-refractivity contribution in [3.05, 3.63) is 34.0 Å². The Morgan fingerprint density at radius 3 is 2.67 bits per heavy atom. The molecule has 1 aromatic rings. The second-order valence-electron chi connectivity index (χ2n) is 2.38. The van der Waals surface area contributed by atoms with Gasteiger partial charge in [0.2, 0.25) is 0 Å². The summed E-state index contributed by atoms with van der Waals surface area (Å²) in [5, 5.41) is 19.2. The number of aromatic nitrogens is 1. The van der Waals surface area contributed by atoms with Gasteiger partial charge in [-0.15, -0.1) is 0 Å². The normalized spacial score (nSPS) is 12.5. The standard InChI is InChI=1S/C7H8N2O3/c1-5(10)6-2-3-7(8-4-6)9(11)12/h2-5,10H,1H3. The number of aliphatic hydroxyl groups is 1. The van der Waals surface area contributed by atoms with Gasteiger partial charge in [0, 0.05) is 11.6 Å². The van der Waals surface area contributed by atoms with Crippen LogP contribution in [0.5, 0.6) is 0 Å². The zero-order chi connectivity index (χ0) is 9.14. The van der Waals surface area contributed by atoms with E-state index in [1.54, 1.807) is 6.92 Å². The first-order valence-electron chi connectivity index (χ1n) is 3.39. The minimum absolute atomic E-state index is 0.209. The fraction of sp³-hybridized carbons (Fsp3) is 0.286. The van der Waals surface area contributed by atoms with Crippen LogP contribution >= 0.6 is 0 Å². The Labute approximate surface area is 68.8 Å². The van der Waals surface area contributed by atoms with Crippen LogP contribution in [0.1, 0.15) is 18.6 Å². The van der Waals surface area contributed by atoms with Gasteiger partial charge in [0.05, 0.1) is 6.10 Å². The summed E-state index contributed by atoms with van der Waals surface area (Å²) in [5.41, 5.74) is 0.570. The molecule has 1 atom stereocenters. The van der Waals surface area contributed by atoms with Crippen LogP contribution in [-0.4, -0.2) is 15.0 Å². The number of rotatable bonds is 2. The monoisotopic (exact) mass is 168 g/mol. The number of aliphatic hydroxyl groups excluding tert-OH is 1. The average molecular weight is 168 g/mol. The lowest BCUT2D eigenvalue weighted by molar-refractivity contribution is -0.389. The molecule has 5 heteroatoms. The van der Waals surface area contributed by atoms with E-state index < -0.39 is 11.0 Å². The van der Waals surface area contributed by atoms with E-state index in [1.807, 2.05) is 0 Å². The molecule has 0 amide bonds. The molecule has 0 saturated carbocycles. The molecule has 0 aliphatic heterocycles. The third kappa shape index (κ3) is 1.76. The van der Waals surface area contributed by atoms with Crippen molar-refractivity contribution in [1.29, 1.82) is 0 Å². The molecule has 0 saturated heterocycles. The zero-order valence-corrected chi connectivity index (χ0v) is 6.47. The molecule has 0 bridgehead atoms. The van der Waals surface area contributed by atoms with Crippen molar-refractivity contribution in [3.63, 3.8) is 0 Å². The topological polar surface area (TPSA) is 76.3 Å². The highest BCUT2D eigenvalue weighted by Crippen LogP contribution is 2.13. The van der Waals surface area contributed by atoms with Gasteiger partial charge in [-0.3, -0.25) is 0 Å². The third-order valence-corrected chi connectivity index (χ3v) is 1.44. The molecular weight excluding hydrogens is 160 g/mol. The first-order chi connectivity index (χ1) is 5.61. The maximum atomic E-state index is 10.2. The Balaban J connectivity index is 2.93. The lowest BCUT2D eigenvalue weighted by Gasteiger charge is -1.99. The Morgan fingerprint density at radius 1 is 1.67 bits per heavy atom. The first kappa shape index (κ1) is 8.61. The van der Waals surface area contributed by atoms with Crippen molar-refractivity contribution >= 4 is 5.82 Å². The van der Waals surface area contributed by atoms with Gasteiger partial charge < -0.3 is 15.2 Å². The van der Waals surface area contributed by atoms with Gasteiger partial charge in [-0.2, -0.15) is 0 Å². The molecule has 0 aliphatic rings. The summed E-state index contributed by atoms with van der Waals surface area (Å²) in [7, 11) is 0. The highest BCUT2D eigenvalue weighted by atomic mass is 16.6. The summed E-state index contributed by atoms with van der Waals surface area (Å²) < 4.78 is 0. The smallest absolute Gasteiger partial charge is 0.363 e. The van der Waals surface area contributed by atoms with Crippen LogP contribution in [-0.2, 0) is 0 Å². The number of nitrogens with zero attached hydrogens (tertiary/aromatic N) is 2. The summed E-state index contributed by atoms with van der Waals surface area (Å²) in [6.45, 7) is 1.57. The van der Waals surface area contributed by atoms with E-state index in [1.165, 1.54) is 18.3 Å². The Hall–Kier alpha value is -1.49. The van der Waals surface area contributed by atoms with Crippen LogP contribution in [0.25, 0.3) is 0 Å². The number of nitro groups is 1. The summed E-state index contributed by atoms with van der Waals surface area (Å²) in [6.07, 6.45) is 0.654. The van der Waals surface area contributed by atoms with E-state index in [4.69, 9.17) is 5.11 Å². The van der Waals surface area contributed by atoms with Crippen LogP contribution in [0.4, 0.5) is 5.82 Å². The summed E-state index contributed by atoms with van der Waals surface area (Å²) >= 11 is 0. The molecule has 0 aromatic carbocycles. The quantitative estimate of drug-likeness (QED) is 0.528. The van der Waals surface area contributed by atoms with Gasteiger partial charge >= 0.3 is 5.82 Å². The first-order valence-corrected chi connectivity index (χ1v) is 3.39. The SMILES string of the molecule is CC(O)c1ccc([N+](=O)[O-])nc1. The van der Waals surface area contributed by atoms with Crippen molar-refractivity contribution < 1.29 is 10.0 Å². The maximum Gasteiger partial charge on any atom is 0.363 e. The molecule has 1 rings (SSSR count). The third-order valence-electron chi connectivity index (χ3n) is 1.44. The van der Waals surface area contributed by atoms with Gasteiger partial charge in [0.25, 0.3) is 0 Å².